The molecule has 4 rings (SSSR count). The molecule has 0 spiro atoms. The predicted molar refractivity (Wildman–Crippen MR) is 156 cm³/mol. The van der Waals surface area contributed by atoms with E-state index in [4.69, 9.17) is 5.14 Å². The second-order valence-corrected chi connectivity index (χ2v) is 12.7. The van der Waals surface area contributed by atoms with Crippen LogP contribution in [0.3, 0.4) is 0 Å². The fourth-order valence-electron chi connectivity index (χ4n) is 3.71. The molecule has 0 fully saturated rings. The number of halogens is 1. The molecular formula is C26H22BrN5O6S2. The molecule has 0 radical (unpaired) electrons. The molecule has 206 valence electrons. The smallest absolute Gasteiger partial charge is 0.258 e. The lowest BCUT2D eigenvalue weighted by Gasteiger charge is -2.14. The van der Waals surface area contributed by atoms with Gasteiger partial charge in [0.25, 0.3) is 11.8 Å². The first-order chi connectivity index (χ1) is 18.8. The topological polar surface area (TPSA) is 177 Å². The minimum atomic E-state index is -3.98. The largest absolute Gasteiger partial charge is 0.321 e. The third-order valence-electron chi connectivity index (χ3n) is 5.44. The van der Waals surface area contributed by atoms with Crippen LogP contribution in [-0.4, -0.2) is 39.9 Å². The van der Waals surface area contributed by atoms with Crippen LogP contribution >= 0.6 is 15.9 Å². The summed E-state index contributed by atoms with van der Waals surface area (Å²) in [6.07, 6.45) is 2.48. The zero-order chi connectivity index (χ0) is 29.1. The first-order valence-electron chi connectivity index (χ1n) is 11.4. The van der Waals surface area contributed by atoms with E-state index >= 15 is 0 Å². The van der Waals surface area contributed by atoms with E-state index in [0.29, 0.717) is 15.6 Å². The van der Waals surface area contributed by atoms with E-state index in [1.807, 2.05) is 0 Å². The maximum atomic E-state index is 13.1. The van der Waals surface area contributed by atoms with Crippen LogP contribution in [-0.2, 0) is 20.0 Å². The molecule has 0 saturated heterocycles. The van der Waals surface area contributed by atoms with Crippen molar-refractivity contribution in [3.63, 3.8) is 0 Å². The molecule has 0 aliphatic carbocycles. The van der Waals surface area contributed by atoms with E-state index in [-0.39, 0.29) is 33.2 Å². The molecule has 1 heterocycles. The first kappa shape index (κ1) is 28.9. The number of hydrogen-bond donors (Lipinski definition) is 4. The Morgan fingerprint density at radius 2 is 1.55 bits per heavy atom. The number of sulfonamides is 2. The summed E-state index contributed by atoms with van der Waals surface area (Å²) in [4.78, 5) is 30.2. The second-order valence-electron chi connectivity index (χ2n) is 8.52. The van der Waals surface area contributed by atoms with Gasteiger partial charge in [-0.3, -0.25) is 14.3 Å². The van der Waals surface area contributed by atoms with Crippen LogP contribution in [0, 0.1) is 0 Å². The molecule has 0 unspecified atom stereocenters. The Balaban J connectivity index is 1.63. The number of nitrogens with zero attached hydrogens (tertiary/aromatic N) is 1. The average molecular weight is 645 g/mol. The fourth-order valence-corrected chi connectivity index (χ4v) is 5.26. The Labute approximate surface area is 239 Å². The summed E-state index contributed by atoms with van der Waals surface area (Å²) in [6, 6.07) is 19.6. The van der Waals surface area contributed by atoms with E-state index in [2.05, 4.69) is 36.3 Å². The molecule has 14 heteroatoms. The quantitative estimate of drug-likeness (QED) is 0.224. The van der Waals surface area contributed by atoms with Crippen LogP contribution < -0.4 is 20.5 Å². The van der Waals surface area contributed by atoms with Gasteiger partial charge in [0, 0.05) is 21.8 Å². The van der Waals surface area contributed by atoms with Crippen molar-refractivity contribution in [1.82, 2.24) is 4.98 Å². The highest BCUT2D eigenvalue weighted by Crippen LogP contribution is 2.28. The van der Waals surface area contributed by atoms with Crippen molar-refractivity contribution in [2.45, 2.75) is 4.90 Å². The van der Waals surface area contributed by atoms with Crippen molar-refractivity contribution < 1.29 is 26.4 Å². The van der Waals surface area contributed by atoms with Crippen molar-refractivity contribution >= 4 is 65.0 Å². The highest BCUT2D eigenvalue weighted by Gasteiger charge is 2.18. The van der Waals surface area contributed by atoms with E-state index < -0.39 is 31.9 Å². The standard InChI is InChI=1S/C26H22BrN5O6S2/c1-39(35,36)32-19-11-12-21(26(34)31-24-13-10-18(27)15-29-24)22(14-19)30-25(33)17-8-6-16(7-9-17)20-4-2-3-5-23(20)40(28,37)38/h2-15,32H,1H3,(H,30,33)(H2,28,37,38)(H,29,31,34). The molecule has 0 aliphatic heterocycles. The van der Waals surface area contributed by atoms with Gasteiger partial charge < -0.3 is 10.6 Å². The summed E-state index contributed by atoms with van der Waals surface area (Å²) < 4.78 is 50.5. The summed E-state index contributed by atoms with van der Waals surface area (Å²) in [5, 5.41) is 10.6. The molecule has 3 aromatic carbocycles. The maximum absolute atomic E-state index is 13.1. The van der Waals surface area contributed by atoms with E-state index in [1.54, 1.807) is 42.5 Å². The Morgan fingerprint density at radius 1 is 0.850 bits per heavy atom. The fraction of sp³-hybridized carbons (Fsp3) is 0.0385. The van der Waals surface area contributed by atoms with Crippen LogP contribution in [0.1, 0.15) is 20.7 Å². The van der Waals surface area contributed by atoms with E-state index in [0.717, 1.165) is 6.26 Å². The molecule has 11 nitrogen and oxygen atoms in total. The summed E-state index contributed by atoms with van der Waals surface area (Å²) >= 11 is 3.27. The zero-order valence-electron chi connectivity index (χ0n) is 20.8. The second kappa shape index (κ2) is 11.6. The number of nitrogens with two attached hydrogens (primary N) is 1. The number of primary sulfonamides is 1. The number of aromatic nitrogens is 1. The number of nitrogens with one attached hydrogen (secondary N) is 3. The minimum absolute atomic E-state index is 0.0388. The van der Waals surface area contributed by atoms with Crippen LogP contribution in [0.2, 0.25) is 0 Å². The predicted octanol–water partition coefficient (Wildman–Crippen LogP) is 4.03. The van der Waals surface area contributed by atoms with Gasteiger partial charge in [0.05, 0.1) is 28.1 Å². The molecular weight excluding hydrogens is 622 g/mol. The molecule has 0 bridgehead atoms. The van der Waals surface area contributed by atoms with E-state index in [9.17, 15) is 26.4 Å². The van der Waals surface area contributed by atoms with Crippen LogP contribution in [0.25, 0.3) is 11.1 Å². The minimum Gasteiger partial charge on any atom is -0.321 e. The number of carbonyl (C=O) groups is 2. The number of benzene rings is 3. The molecule has 0 saturated carbocycles. The highest BCUT2D eigenvalue weighted by atomic mass is 79.9. The van der Waals surface area contributed by atoms with Crippen LogP contribution in [0.15, 0.2) is 94.4 Å². The van der Waals surface area contributed by atoms with Crippen molar-refractivity contribution in [2.75, 3.05) is 21.6 Å². The van der Waals surface area contributed by atoms with Gasteiger partial charge in [-0.2, -0.15) is 0 Å². The van der Waals surface area contributed by atoms with E-state index in [1.165, 1.54) is 42.6 Å². The molecule has 2 amide bonds. The number of carbonyl (C=O) groups excluding carboxylic acids is 2. The summed E-state index contributed by atoms with van der Waals surface area (Å²) in [5.41, 5.74) is 1.30. The number of rotatable bonds is 8. The summed E-state index contributed by atoms with van der Waals surface area (Å²) in [5.74, 6) is -0.927. The van der Waals surface area contributed by atoms with Crippen molar-refractivity contribution in [2.24, 2.45) is 5.14 Å². The Bertz CT molecular complexity index is 1810. The molecule has 1 aromatic heterocycles. The van der Waals surface area contributed by atoms with Crippen molar-refractivity contribution in [3.05, 3.63) is 101 Å². The normalized spacial score (nSPS) is 11.5. The van der Waals surface area contributed by atoms with Gasteiger partial charge in [-0.1, -0.05) is 30.3 Å². The lowest BCUT2D eigenvalue weighted by Crippen LogP contribution is -2.19. The average Bonchev–Trinajstić information content (AvgIpc) is 2.89. The molecule has 0 atom stereocenters. The monoisotopic (exact) mass is 643 g/mol. The first-order valence-corrected chi connectivity index (χ1v) is 15.6. The summed E-state index contributed by atoms with van der Waals surface area (Å²) in [7, 11) is -7.61. The van der Waals surface area contributed by atoms with Gasteiger partial charge >= 0.3 is 0 Å². The van der Waals surface area contributed by atoms with Crippen molar-refractivity contribution in [1.29, 1.82) is 0 Å². The molecule has 40 heavy (non-hydrogen) atoms. The van der Waals surface area contributed by atoms with Gasteiger partial charge in [-0.05, 0) is 70.0 Å². The van der Waals surface area contributed by atoms with Gasteiger partial charge in [0.1, 0.15) is 5.82 Å². The zero-order valence-corrected chi connectivity index (χ0v) is 24.0. The van der Waals surface area contributed by atoms with Gasteiger partial charge in [0.15, 0.2) is 0 Å². The highest BCUT2D eigenvalue weighted by molar-refractivity contribution is 9.10. The number of pyridine rings is 1. The Morgan fingerprint density at radius 3 is 2.17 bits per heavy atom. The SMILES string of the molecule is CS(=O)(=O)Nc1ccc(C(=O)Nc2ccc(Br)cn2)c(NC(=O)c2ccc(-c3ccccc3S(N)(=O)=O)cc2)c1. The lowest BCUT2D eigenvalue weighted by atomic mass is 10.0. The lowest BCUT2D eigenvalue weighted by molar-refractivity contribution is 0.102. The third kappa shape index (κ3) is 7.30. The number of amides is 2. The van der Waals surface area contributed by atoms with Crippen LogP contribution in [0.5, 0.6) is 0 Å². The Kier molecular flexibility index (Phi) is 8.34. The number of hydrogen-bond acceptors (Lipinski definition) is 7. The maximum Gasteiger partial charge on any atom is 0.258 e. The van der Waals surface area contributed by atoms with Gasteiger partial charge in [-0.15, -0.1) is 0 Å². The summed E-state index contributed by atoms with van der Waals surface area (Å²) in [6.45, 7) is 0. The van der Waals surface area contributed by atoms with Gasteiger partial charge in [0.2, 0.25) is 20.0 Å². The number of anilines is 3. The Hall–Kier alpha value is -4.11. The van der Waals surface area contributed by atoms with Crippen molar-refractivity contribution in [3.8, 4) is 11.1 Å². The molecule has 0 aliphatic rings. The molecule has 5 N–H and O–H groups in total. The van der Waals surface area contributed by atoms with Gasteiger partial charge in [-0.25, -0.2) is 27.0 Å². The molecule has 4 aromatic rings. The van der Waals surface area contributed by atoms with Crippen LogP contribution in [0.4, 0.5) is 17.2 Å². The third-order valence-corrected chi connectivity index (χ3v) is 7.48.